The van der Waals surface area contributed by atoms with E-state index in [1.807, 2.05) is 6.92 Å². The zero-order valence-electron chi connectivity index (χ0n) is 13.9. The average Bonchev–Trinajstić information content (AvgIpc) is 2.45. The smallest absolute Gasteiger partial charge is 0.251 e. The lowest BCUT2D eigenvalue weighted by Crippen LogP contribution is -2.33. The predicted molar refractivity (Wildman–Crippen MR) is 90.9 cm³/mol. The zero-order chi connectivity index (χ0) is 16.8. The van der Waals surface area contributed by atoms with E-state index < -0.39 is 0 Å². The monoisotopic (exact) mass is 302 g/mol. The predicted octanol–water partition coefficient (Wildman–Crippen LogP) is 3.76. The second kappa shape index (κ2) is 7.78. The third kappa shape index (κ3) is 6.57. The number of rotatable bonds is 6. The Morgan fingerprint density at radius 1 is 1.23 bits per heavy atom. The van der Waals surface area contributed by atoms with E-state index in [0.717, 1.165) is 12.8 Å². The molecular weight excluding hydrogens is 276 g/mol. The van der Waals surface area contributed by atoms with Crippen LogP contribution in [0.25, 0.3) is 0 Å². The molecule has 4 heteroatoms. The first kappa shape index (κ1) is 18.0. The standard InChI is InChI=1S/C18H26N2O2/c1-6-16(21)20-15-9-7-14(8-10-15)17(22)19-13(2)11-12-18(3,4)5/h6-10,13H,1,11-12H2,2-5H3,(H,19,22)(H,20,21). The van der Waals surface area contributed by atoms with Crippen LogP contribution in [0.2, 0.25) is 0 Å². The maximum Gasteiger partial charge on any atom is 0.251 e. The fraction of sp³-hybridized carbons (Fsp3) is 0.444. The number of anilines is 1. The molecule has 1 unspecified atom stereocenters. The van der Waals surface area contributed by atoms with Crippen LogP contribution in [0, 0.1) is 5.41 Å². The van der Waals surface area contributed by atoms with Crippen LogP contribution < -0.4 is 10.6 Å². The minimum absolute atomic E-state index is 0.0944. The van der Waals surface area contributed by atoms with Crippen LogP contribution in [0.3, 0.4) is 0 Å². The summed E-state index contributed by atoms with van der Waals surface area (Å²) >= 11 is 0. The first-order chi connectivity index (χ1) is 10.2. The highest BCUT2D eigenvalue weighted by Gasteiger charge is 2.14. The van der Waals surface area contributed by atoms with Crippen molar-refractivity contribution in [3.05, 3.63) is 42.5 Å². The van der Waals surface area contributed by atoms with Crippen molar-refractivity contribution in [3.63, 3.8) is 0 Å². The van der Waals surface area contributed by atoms with E-state index >= 15 is 0 Å². The van der Waals surface area contributed by atoms with E-state index in [2.05, 4.69) is 38.0 Å². The second-order valence-electron chi connectivity index (χ2n) is 6.74. The molecule has 1 aromatic carbocycles. The molecule has 0 bridgehead atoms. The Labute approximate surface area is 133 Å². The molecule has 0 aliphatic carbocycles. The van der Waals surface area contributed by atoms with Crippen LogP contribution in [0.1, 0.15) is 50.9 Å². The molecule has 0 fully saturated rings. The summed E-state index contributed by atoms with van der Waals surface area (Å²) in [6, 6.07) is 6.94. The Bertz CT molecular complexity index is 527. The highest BCUT2D eigenvalue weighted by molar-refractivity contribution is 5.99. The molecule has 0 aliphatic heterocycles. The molecule has 0 saturated carbocycles. The van der Waals surface area contributed by atoms with Gasteiger partial charge in [0.05, 0.1) is 0 Å². The van der Waals surface area contributed by atoms with Crippen molar-refractivity contribution in [2.45, 2.75) is 46.6 Å². The molecule has 22 heavy (non-hydrogen) atoms. The van der Waals surface area contributed by atoms with Gasteiger partial charge in [-0.3, -0.25) is 9.59 Å². The van der Waals surface area contributed by atoms with E-state index in [9.17, 15) is 9.59 Å². The Morgan fingerprint density at radius 3 is 2.32 bits per heavy atom. The van der Waals surface area contributed by atoms with Gasteiger partial charge in [-0.2, -0.15) is 0 Å². The average molecular weight is 302 g/mol. The molecule has 4 nitrogen and oxygen atoms in total. The molecule has 120 valence electrons. The summed E-state index contributed by atoms with van der Waals surface area (Å²) in [5, 5.41) is 5.64. The molecule has 0 heterocycles. The van der Waals surface area contributed by atoms with Gasteiger partial charge in [-0.15, -0.1) is 0 Å². The fourth-order valence-corrected chi connectivity index (χ4v) is 1.93. The summed E-state index contributed by atoms with van der Waals surface area (Å²) < 4.78 is 0. The maximum atomic E-state index is 12.2. The van der Waals surface area contributed by atoms with E-state index in [1.54, 1.807) is 24.3 Å². The molecular formula is C18H26N2O2. The summed E-state index contributed by atoms with van der Waals surface area (Å²) in [7, 11) is 0. The van der Waals surface area contributed by atoms with Gasteiger partial charge in [-0.05, 0) is 55.5 Å². The SMILES string of the molecule is C=CC(=O)Nc1ccc(C(=O)NC(C)CCC(C)(C)C)cc1. The molecule has 0 aliphatic rings. The molecule has 1 atom stereocenters. The first-order valence-electron chi connectivity index (χ1n) is 7.55. The number of hydrogen-bond acceptors (Lipinski definition) is 2. The van der Waals surface area contributed by atoms with Crippen LogP contribution in [0.5, 0.6) is 0 Å². The molecule has 0 saturated heterocycles. The van der Waals surface area contributed by atoms with Crippen LogP contribution in [0.15, 0.2) is 36.9 Å². The number of benzene rings is 1. The summed E-state index contributed by atoms with van der Waals surface area (Å²) in [6.45, 7) is 12.0. The van der Waals surface area contributed by atoms with Crippen LogP contribution in [0.4, 0.5) is 5.69 Å². The van der Waals surface area contributed by atoms with Crippen molar-refractivity contribution < 1.29 is 9.59 Å². The van der Waals surface area contributed by atoms with Gasteiger partial charge in [-0.25, -0.2) is 0 Å². The van der Waals surface area contributed by atoms with Crippen molar-refractivity contribution >= 4 is 17.5 Å². The number of amides is 2. The molecule has 1 rings (SSSR count). The Hall–Kier alpha value is -2.10. The molecule has 2 amide bonds. The van der Waals surface area contributed by atoms with Crippen LogP contribution >= 0.6 is 0 Å². The summed E-state index contributed by atoms with van der Waals surface area (Å²) in [6.07, 6.45) is 3.21. The summed E-state index contributed by atoms with van der Waals surface area (Å²) in [5.74, 6) is -0.365. The van der Waals surface area contributed by atoms with Crippen LogP contribution in [-0.4, -0.2) is 17.9 Å². The van der Waals surface area contributed by atoms with E-state index in [1.165, 1.54) is 6.08 Å². The molecule has 1 aromatic rings. The highest BCUT2D eigenvalue weighted by Crippen LogP contribution is 2.21. The van der Waals surface area contributed by atoms with Gasteiger partial charge in [-0.1, -0.05) is 27.4 Å². The van der Waals surface area contributed by atoms with Gasteiger partial charge in [0.15, 0.2) is 0 Å². The largest absolute Gasteiger partial charge is 0.350 e. The highest BCUT2D eigenvalue weighted by atomic mass is 16.2. The lowest BCUT2D eigenvalue weighted by molar-refractivity contribution is -0.111. The number of carbonyl (C=O) groups excluding carboxylic acids is 2. The first-order valence-corrected chi connectivity index (χ1v) is 7.55. The van der Waals surface area contributed by atoms with Gasteiger partial charge in [0.1, 0.15) is 0 Å². The lowest BCUT2D eigenvalue weighted by Gasteiger charge is -2.21. The Balaban J connectivity index is 2.55. The number of nitrogens with one attached hydrogen (secondary N) is 2. The second-order valence-corrected chi connectivity index (χ2v) is 6.74. The zero-order valence-corrected chi connectivity index (χ0v) is 13.9. The topological polar surface area (TPSA) is 58.2 Å². The van der Waals surface area contributed by atoms with E-state index in [0.29, 0.717) is 11.3 Å². The Kier molecular flexibility index (Phi) is 6.35. The molecule has 2 N–H and O–H groups in total. The van der Waals surface area contributed by atoms with E-state index in [4.69, 9.17) is 0 Å². The maximum absolute atomic E-state index is 12.2. The quantitative estimate of drug-likeness (QED) is 0.786. The van der Waals surface area contributed by atoms with Crippen molar-refractivity contribution in [1.82, 2.24) is 5.32 Å². The number of hydrogen-bond donors (Lipinski definition) is 2. The molecule has 0 spiro atoms. The summed E-state index contributed by atoms with van der Waals surface area (Å²) in [4.78, 5) is 23.3. The van der Waals surface area contributed by atoms with Crippen molar-refractivity contribution in [1.29, 1.82) is 0 Å². The Morgan fingerprint density at radius 2 is 1.82 bits per heavy atom. The van der Waals surface area contributed by atoms with Gasteiger partial charge in [0.2, 0.25) is 5.91 Å². The minimum Gasteiger partial charge on any atom is -0.350 e. The third-order valence-electron chi connectivity index (χ3n) is 3.30. The van der Waals surface area contributed by atoms with Crippen LogP contribution in [-0.2, 0) is 4.79 Å². The lowest BCUT2D eigenvalue weighted by atomic mass is 9.89. The fourth-order valence-electron chi connectivity index (χ4n) is 1.93. The van der Waals surface area contributed by atoms with Gasteiger partial charge >= 0.3 is 0 Å². The molecule has 0 aromatic heterocycles. The minimum atomic E-state index is -0.270. The van der Waals surface area contributed by atoms with Gasteiger partial charge in [0.25, 0.3) is 5.91 Å². The van der Waals surface area contributed by atoms with E-state index in [-0.39, 0.29) is 23.3 Å². The number of carbonyl (C=O) groups is 2. The molecule has 0 radical (unpaired) electrons. The summed E-state index contributed by atoms with van der Waals surface area (Å²) in [5.41, 5.74) is 1.49. The van der Waals surface area contributed by atoms with Gasteiger partial charge in [0, 0.05) is 17.3 Å². The third-order valence-corrected chi connectivity index (χ3v) is 3.30. The van der Waals surface area contributed by atoms with Crippen molar-refractivity contribution in [2.75, 3.05) is 5.32 Å². The normalized spacial score (nSPS) is 12.4. The van der Waals surface area contributed by atoms with Crippen molar-refractivity contribution in [2.24, 2.45) is 5.41 Å². The van der Waals surface area contributed by atoms with Gasteiger partial charge < -0.3 is 10.6 Å². The van der Waals surface area contributed by atoms with Crippen molar-refractivity contribution in [3.8, 4) is 0 Å².